The van der Waals surface area contributed by atoms with Crippen molar-refractivity contribution in [2.75, 3.05) is 6.61 Å². The average Bonchev–Trinajstić information content (AvgIpc) is 2.58. The predicted octanol–water partition coefficient (Wildman–Crippen LogP) is 4.33. The number of fused-ring (bicyclic) bond motifs is 1. The Morgan fingerprint density at radius 2 is 2.00 bits per heavy atom. The average molecular weight is 314 g/mol. The minimum atomic E-state index is -0.445. The normalized spacial score (nSPS) is 15.7. The second-order valence-electron chi connectivity index (χ2n) is 6.16. The topological polar surface area (TPSA) is 56.5 Å². The first-order chi connectivity index (χ1) is 11.1. The van der Waals surface area contributed by atoms with Crippen molar-refractivity contribution >= 4 is 16.9 Å². The summed E-state index contributed by atoms with van der Waals surface area (Å²) in [4.78, 5) is 24.9. The Morgan fingerprint density at radius 1 is 1.26 bits per heavy atom. The summed E-state index contributed by atoms with van der Waals surface area (Å²) in [5, 5.41) is 0.451. The number of hydrogen-bond donors (Lipinski definition) is 0. The van der Waals surface area contributed by atoms with Gasteiger partial charge in [0.2, 0.25) is 0 Å². The summed E-state index contributed by atoms with van der Waals surface area (Å²) in [5.74, 6) is 0.578. The van der Waals surface area contributed by atoms with Gasteiger partial charge in [-0.1, -0.05) is 25.3 Å². The molecule has 0 radical (unpaired) electrons. The van der Waals surface area contributed by atoms with E-state index in [1.54, 1.807) is 25.1 Å². The molecule has 1 aliphatic rings. The zero-order valence-electron chi connectivity index (χ0n) is 13.7. The second kappa shape index (κ2) is 6.57. The molecule has 4 heteroatoms. The minimum Gasteiger partial charge on any atom is -0.462 e. The van der Waals surface area contributed by atoms with E-state index in [9.17, 15) is 9.59 Å². The van der Waals surface area contributed by atoms with Gasteiger partial charge in [-0.15, -0.1) is 0 Å². The summed E-state index contributed by atoms with van der Waals surface area (Å²) in [5.41, 5.74) is 1.32. The molecular weight excluding hydrogens is 292 g/mol. The summed E-state index contributed by atoms with van der Waals surface area (Å²) in [6, 6.07) is 5.07. The van der Waals surface area contributed by atoms with Crippen LogP contribution < -0.4 is 5.43 Å². The van der Waals surface area contributed by atoms with E-state index in [0.29, 0.717) is 28.7 Å². The lowest BCUT2D eigenvalue weighted by atomic mass is 9.85. The van der Waals surface area contributed by atoms with Crippen molar-refractivity contribution in [2.24, 2.45) is 0 Å². The molecular formula is C19H22O4. The summed E-state index contributed by atoms with van der Waals surface area (Å²) in [7, 11) is 0. The Labute approximate surface area is 135 Å². The molecule has 0 aliphatic heterocycles. The maximum atomic E-state index is 12.7. The molecule has 1 aromatic heterocycles. The quantitative estimate of drug-likeness (QED) is 0.791. The van der Waals surface area contributed by atoms with E-state index in [1.165, 1.54) is 6.42 Å². The Morgan fingerprint density at radius 3 is 2.70 bits per heavy atom. The van der Waals surface area contributed by atoms with Crippen LogP contribution in [0.3, 0.4) is 0 Å². The van der Waals surface area contributed by atoms with E-state index in [-0.39, 0.29) is 11.3 Å². The van der Waals surface area contributed by atoms with E-state index in [0.717, 1.165) is 31.4 Å². The molecule has 1 aromatic carbocycles. The number of ether oxygens (including phenoxy) is 1. The highest BCUT2D eigenvalue weighted by Crippen LogP contribution is 2.35. The smallest absolute Gasteiger partial charge is 0.341 e. The van der Waals surface area contributed by atoms with E-state index < -0.39 is 5.97 Å². The molecule has 1 heterocycles. The molecule has 0 N–H and O–H groups in total. The van der Waals surface area contributed by atoms with Crippen LogP contribution in [0.2, 0.25) is 0 Å². The van der Waals surface area contributed by atoms with Crippen LogP contribution in [0.15, 0.2) is 27.4 Å². The number of carbonyl (C=O) groups excluding carboxylic acids is 1. The van der Waals surface area contributed by atoms with Crippen LogP contribution in [0.1, 0.15) is 66.6 Å². The third-order valence-electron chi connectivity index (χ3n) is 4.65. The van der Waals surface area contributed by atoms with Gasteiger partial charge >= 0.3 is 5.97 Å². The minimum absolute atomic E-state index is 0.0435. The Balaban J connectivity index is 2.19. The number of esters is 1. The van der Waals surface area contributed by atoms with Crippen LogP contribution >= 0.6 is 0 Å². The summed E-state index contributed by atoms with van der Waals surface area (Å²) >= 11 is 0. The largest absolute Gasteiger partial charge is 0.462 e. The van der Waals surface area contributed by atoms with Gasteiger partial charge in [0.15, 0.2) is 11.0 Å². The van der Waals surface area contributed by atoms with Crippen LogP contribution in [0.25, 0.3) is 11.0 Å². The first-order valence-corrected chi connectivity index (χ1v) is 8.37. The van der Waals surface area contributed by atoms with Crippen molar-refractivity contribution in [3.63, 3.8) is 0 Å². The number of rotatable bonds is 3. The first kappa shape index (κ1) is 15.8. The van der Waals surface area contributed by atoms with Crippen molar-refractivity contribution in [1.82, 2.24) is 0 Å². The molecule has 23 heavy (non-hydrogen) atoms. The highest BCUT2D eigenvalue weighted by atomic mass is 16.5. The number of benzene rings is 1. The lowest BCUT2D eigenvalue weighted by Crippen LogP contribution is -2.15. The highest BCUT2D eigenvalue weighted by molar-refractivity contribution is 6.01. The van der Waals surface area contributed by atoms with E-state index in [1.807, 2.05) is 6.92 Å². The lowest BCUT2D eigenvalue weighted by molar-refractivity contribution is 0.0527. The molecule has 1 fully saturated rings. The molecule has 0 unspecified atom stereocenters. The fraction of sp³-hybridized carbons (Fsp3) is 0.474. The molecule has 0 saturated heterocycles. The molecule has 0 atom stereocenters. The maximum absolute atomic E-state index is 12.7. The van der Waals surface area contributed by atoms with Gasteiger partial charge in [-0.3, -0.25) is 4.79 Å². The van der Waals surface area contributed by atoms with Crippen molar-refractivity contribution < 1.29 is 13.9 Å². The van der Waals surface area contributed by atoms with Gasteiger partial charge in [0, 0.05) is 11.5 Å². The number of carbonyl (C=O) groups is 1. The third kappa shape index (κ3) is 2.90. The predicted molar refractivity (Wildman–Crippen MR) is 89.0 cm³/mol. The second-order valence-corrected chi connectivity index (χ2v) is 6.16. The molecule has 0 amide bonds. The van der Waals surface area contributed by atoms with Gasteiger partial charge in [0.25, 0.3) is 0 Å². The van der Waals surface area contributed by atoms with Gasteiger partial charge in [0.1, 0.15) is 11.3 Å². The standard InChI is InChI=1S/C19H22O4/c1-3-22-19(21)15-11-7-10-14-16(20)12(2)17(23-18(14)15)13-8-5-4-6-9-13/h7,10-11,13H,3-6,8-9H2,1-2H3. The van der Waals surface area contributed by atoms with Gasteiger partial charge in [-0.05, 0) is 38.8 Å². The van der Waals surface area contributed by atoms with Crippen molar-refractivity contribution in [3.8, 4) is 0 Å². The van der Waals surface area contributed by atoms with Gasteiger partial charge < -0.3 is 9.15 Å². The van der Waals surface area contributed by atoms with Crippen molar-refractivity contribution in [2.45, 2.75) is 51.9 Å². The van der Waals surface area contributed by atoms with Crippen LogP contribution in [0, 0.1) is 6.92 Å². The third-order valence-corrected chi connectivity index (χ3v) is 4.65. The zero-order valence-corrected chi connectivity index (χ0v) is 13.7. The highest BCUT2D eigenvalue weighted by Gasteiger charge is 2.24. The molecule has 1 aliphatic carbocycles. The fourth-order valence-corrected chi connectivity index (χ4v) is 3.45. The molecule has 1 saturated carbocycles. The molecule has 0 spiro atoms. The van der Waals surface area contributed by atoms with E-state index in [2.05, 4.69) is 0 Å². The Hall–Kier alpha value is -2.10. The first-order valence-electron chi connectivity index (χ1n) is 8.37. The Bertz CT molecular complexity index is 782. The number of para-hydroxylation sites is 1. The van der Waals surface area contributed by atoms with Crippen molar-refractivity contribution in [1.29, 1.82) is 0 Å². The van der Waals surface area contributed by atoms with Crippen LogP contribution in [0.4, 0.5) is 0 Å². The Kier molecular flexibility index (Phi) is 4.51. The summed E-state index contributed by atoms with van der Waals surface area (Å²) in [6.07, 6.45) is 5.63. The molecule has 122 valence electrons. The fourth-order valence-electron chi connectivity index (χ4n) is 3.45. The van der Waals surface area contributed by atoms with E-state index >= 15 is 0 Å². The van der Waals surface area contributed by atoms with Gasteiger partial charge in [-0.25, -0.2) is 4.79 Å². The molecule has 3 rings (SSSR count). The van der Waals surface area contributed by atoms with Gasteiger partial charge in [0.05, 0.1) is 12.0 Å². The van der Waals surface area contributed by atoms with Crippen molar-refractivity contribution in [3.05, 3.63) is 45.3 Å². The summed E-state index contributed by atoms with van der Waals surface area (Å²) < 4.78 is 11.2. The SMILES string of the molecule is CCOC(=O)c1cccc2c(=O)c(C)c(C3CCCCC3)oc12. The van der Waals surface area contributed by atoms with Gasteiger partial charge in [-0.2, -0.15) is 0 Å². The summed E-state index contributed by atoms with van der Waals surface area (Å²) in [6.45, 7) is 3.88. The monoisotopic (exact) mass is 314 g/mol. The van der Waals surface area contributed by atoms with Crippen LogP contribution in [-0.4, -0.2) is 12.6 Å². The molecule has 0 bridgehead atoms. The van der Waals surface area contributed by atoms with Crippen LogP contribution in [-0.2, 0) is 4.74 Å². The lowest BCUT2D eigenvalue weighted by Gasteiger charge is -2.22. The van der Waals surface area contributed by atoms with E-state index in [4.69, 9.17) is 9.15 Å². The zero-order chi connectivity index (χ0) is 16.4. The maximum Gasteiger partial charge on any atom is 0.341 e. The molecule has 4 nitrogen and oxygen atoms in total. The van der Waals surface area contributed by atoms with Crippen LogP contribution in [0.5, 0.6) is 0 Å². The molecule has 2 aromatic rings. The number of hydrogen-bond acceptors (Lipinski definition) is 4.